The summed E-state index contributed by atoms with van der Waals surface area (Å²) in [5.74, 6) is 0.439. The van der Waals surface area contributed by atoms with Crippen LogP contribution in [0.3, 0.4) is 0 Å². The van der Waals surface area contributed by atoms with E-state index in [0.717, 1.165) is 0 Å². The van der Waals surface area contributed by atoms with Crippen molar-refractivity contribution in [3.05, 3.63) is 0 Å². The number of piperazine rings is 1. The van der Waals surface area contributed by atoms with Crippen LogP contribution in [0.25, 0.3) is 0 Å². The number of hydrogen-bond donors (Lipinski definition) is 0. The Balaban J connectivity index is 2.31. The molecule has 0 N–H and O–H groups in total. The minimum absolute atomic E-state index is 0.133. The summed E-state index contributed by atoms with van der Waals surface area (Å²) >= 11 is 5.42. The Bertz CT molecular complexity index is 252. The lowest BCUT2D eigenvalue weighted by Crippen LogP contribution is -2.50. The average Bonchev–Trinajstić information content (AvgIpc) is 2.35. The Labute approximate surface area is 100 Å². The molecule has 1 aliphatic rings. The highest BCUT2D eigenvalue weighted by Gasteiger charge is 2.23. The van der Waals surface area contributed by atoms with Gasteiger partial charge < -0.3 is 14.5 Å². The Hall–Kier alpha value is -0.970. The van der Waals surface area contributed by atoms with Crippen molar-refractivity contribution in [3.63, 3.8) is 0 Å². The van der Waals surface area contributed by atoms with Crippen molar-refractivity contribution in [1.29, 1.82) is 0 Å². The zero-order valence-electron chi connectivity index (χ0n) is 9.45. The van der Waals surface area contributed by atoms with Crippen molar-refractivity contribution in [1.82, 2.24) is 9.80 Å². The minimum Gasteiger partial charge on any atom is -0.448 e. The van der Waals surface area contributed by atoms with Crippen LogP contribution < -0.4 is 0 Å². The Morgan fingerprint density at radius 1 is 1.19 bits per heavy atom. The Morgan fingerprint density at radius 2 is 1.75 bits per heavy atom. The largest absolute Gasteiger partial charge is 0.448 e. The molecule has 1 rings (SSSR count). The van der Waals surface area contributed by atoms with E-state index >= 15 is 0 Å². The second-order valence-electron chi connectivity index (χ2n) is 3.52. The van der Waals surface area contributed by atoms with Gasteiger partial charge in [-0.2, -0.15) is 0 Å². The first-order chi connectivity index (χ1) is 7.69. The van der Waals surface area contributed by atoms with Crippen LogP contribution in [0.5, 0.6) is 0 Å². The van der Waals surface area contributed by atoms with E-state index in [-0.39, 0.29) is 18.6 Å². The normalized spacial score (nSPS) is 16.1. The van der Waals surface area contributed by atoms with Gasteiger partial charge in [-0.3, -0.25) is 4.79 Å². The monoisotopic (exact) mass is 248 g/mol. The fraction of sp³-hybridized carbons (Fsp3) is 0.800. The minimum atomic E-state index is -0.343. The van der Waals surface area contributed by atoms with Gasteiger partial charge in [0.25, 0.3) is 0 Å². The van der Waals surface area contributed by atoms with Gasteiger partial charge in [-0.05, 0) is 0 Å². The molecule has 5 nitrogen and oxygen atoms in total. The molecule has 0 bridgehead atoms. The summed E-state index contributed by atoms with van der Waals surface area (Å²) < 4.78 is 4.90. The maximum Gasteiger partial charge on any atom is 0.409 e. The number of ether oxygens (including phenoxy) is 1. The van der Waals surface area contributed by atoms with E-state index in [1.807, 2.05) is 6.92 Å². The number of amides is 2. The van der Waals surface area contributed by atoms with E-state index in [1.165, 1.54) is 0 Å². The van der Waals surface area contributed by atoms with E-state index < -0.39 is 0 Å². The van der Waals surface area contributed by atoms with Crippen molar-refractivity contribution in [2.24, 2.45) is 0 Å². The summed E-state index contributed by atoms with van der Waals surface area (Å²) in [6, 6.07) is 0. The van der Waals surface area contributed by atoms with Crippen molar-refractivity contribution < 1.29 is 14.3 Å². The SMILES string of the molecule is CCC(=O)N1CCN(C(=O)OCCCl)CC1. The van der Waals surface area contributed by atoms with Crippen LogP contribution in [-0.4, -0.2) is 60.5 Å². The predicted molar refractivity (Wildman–Crippen MR) is 60.5 cm³/mol. The van der Waals surface area contributed by atoms with Crippen LogP contribution >= 0.6 is 11.6 Å². The smallest absolute Gasteiger partial charge is 0.409 e. The van der Waals surface area contributed by atoms with Crippen molar-refractivity contribution >= 4 is 23.6 Å². The van der Waals surface area contributed by atoms with Crippen LogP contribution in [0, 0.1) is 0 Å². The van der Waals surface area contributed by atoms with Gasteiger partial charge in [0.1, 0.15) is 6.61 Å². The van der Waals surface area contributed by atoms with E-state index in [9.17, 15) is 9.59 Å². The molecule has 0 aromatic heterocycles. The third kappa shape index (κ3) is 3.56. The summed E-state index contributed by atoms with van der Waals surface area (Å²) in [6.45, 7) is 4.31. The fourth-order valence-corrected chi connectivity index (χ4v) is 1.66. The highest BCUT2D eigenvalue weighted by molar-refractivity contribution is 6.18. The highest BCUT2D eigenvalue weighted by Crippen LogP contribution is 2.05. The van der Waals surface area contributed by atoms with Crippen molar-refractivity contribution in [2.75, 3.05) is 38.7 Å². The number of alkyl halides is 1. The molecule has 0 unspecified atom stereocenters. The topological polar surface area (TPSA) is 49.9 Å². The van der Waals surface area contributed by atoms with Gasteiger partial charge >= 0.3 is 6.09 Å². The number of nitrogens with zero attached hydrogens (tertiary/aromatic N) is 2. The predicted octanol–water partition coefficient (Wildman–Crippen LogP) is 0.916. The summed E-state index contributed by atoms with van der Waals surface area (Å²) in [4.78, 5) is 26.2. The van der Waals surface area contributed by atoms with E-state index in [2.05, 4.69) is 0 Å². The van der Waals surface area contributed by atoms with Crippen LogP contribution in [0.1, 0.15) is 13.3 Å². The van der Waals surface area contributed by atoms with E-state index in [4.69, 9.17) is 16.3 Å². The summed E-state index contributed by atoms with van der Waals surface area (Å²) in [7, 11) is 0. The molecule has 0 aromatic rings. The molecule has 0 aliphatic carbocycles. The maximum absolute atomic E-state index is 11.4. The van der Waals surface area contributed by atoms with Gasteiger partial charge in [0.2, 0.25) is 5.91 Å². The molecule has 0 atom stereocenters. The molecule has 1 saturated heterocycles. The molecule has 6 heteroatoms. The van der Waals surface area contributed by atoms with E-state index in [1.54, 1.807) is 9.80 Å². The quantitative estimate of drug-likeness (QED) is 0.698. The number of rotatable bonds is 3. The van der Waals surface area contributed by atoms with Crippen molar-refractivity contribution in [3.8, 4) is 0 Å². The molecule has 16 heavy (non-hydrogen) atoms. The zero-order chi connectivity index (χ0) is 12.0. The molecule has 0 spiro atoms. The Kier molecular flexibility index (Phi) is 5.38. The van der Waals surface area contributed by atoms with Gasteiger partial charge in [-0.1, -0.05) is 6.92 Å². The molecule has 0 aromatic carbocycles. The molecule has 1 heterocycles. The number of carbonyl (C=O) groups excluding carboxylic acids is 2. The number of hydrogen-bond acceptors (Lipinski definition) is 3. The molecular formula is C10H17ClN2O3. The maximum atomic E-state index is 11.4. The van der Waals surface area contributed by atoms with E-state index in [0.29, 0.717) is 38.5 Å². The first-order valence-corrected chi connectivity index (χ1v) is 5.98. The Morgan fingerprint density at radius 3 is 2.25 bits per heavy atom. The lowest BCUT2D eigenvalue weighted by molar-refractivity contribution is -0.132. The fourth-order valence-electron chi connectivity index (χ4n) is 1.58. The lowest BCUT2D eigenvalue weighted by Gasteiger charge is -2.33. The molecule has 0 radical (unpaired) electrons. The average molecular weight is 249 g/mol. The highest BCUT2D eigenvalue weighted by atomic mass is 35.5. The second kappa shape index (κ2) is 6.58. The third-order valence-electron chi connectivity index (χ3n) is 2.50. The standard InChI is InChI=1S/C10H17ClN2O3/c1-2-9(14)12-4-6-13(7-5-12)10(15)16-8-3-11/h2-8H2,1H3. The second-order valence-corrected chi connectivity index (χ2v) is 3.90. The van der Waals surface area contributed by atoms with Gasteiger partial charge in [0, 0.05) is 32.6 Å². The number of halogens is 1. The van der Waals surface area contributed by atoms with Crippen LogP contribution in [0.4, 0.5) is 4.79 Å². The van der Waals surface area contributed by atoms with Gasteiger partial charge in [-0.25, -0.2) is 4.79 Å². The zero-order valence-corrected chi connectivity index (χ0v) is 10.2. The van der Waals surface area contributed by atoms with Gasteiger partial charge in [0.15, 0.2) is 0 Å². The molecule has 2 amide bonds. The summed E-state index contributed by atoms with van der Waals surface area (Å²) in [5, 5.41) is 0. The van der Waals surface area contributed by atoms with Gasteiger partial charge in [0.05, 0.1) is 5.88 Å². The van der Waals surface area contributed by atoms with Crippen LogP contribution in [0.15, 0.2) is 0 Å². The first-order valence-electron chi connectivity index (χ1n) is 5.44. The molecule has 1 fully saturated rings. The molecule has 1 aliphatic heterocycles. The molecule has 92 valence electrons. The molecular weight excluding hydrogens is 232 g/mol. The lowest BCUT2D eigenvalue weighted by atomic mass is 10.3. The third-order valence-corrected chi connectivity index (χ3v) is 2.65. The van der Waals surface area contributed by atoms with Gasteiger partial charge in [-0.15, -0.1) is 11.6 Å². The van der Waals surface area contributed by atoms with Crippen LogP contribution in [-0.2, 0) is 9.53 Å². The van der Waals surface area contributed by atoms with Crippen molar-refractivity contribution in [2.45, 2.75) is 13.3 Å². The first kappa shape index (κ1) is 13.1. The number of carbonyl (C=O) groups is 2. The van der Waals surface area contributed by atoms with Crippen LogP contribution in [0.2, 0.25) is 0 Å². The molecule has 0 saturated carbocycles. The summed E-state index contributed by atoms with van der Waals surface area (Å²) in [5.41, 5.74) is 0. The summed E-state index contributed by atoms with van der Waals surface area (Å²) in [6.07, 6.45) is 0.167.